The minimum Gasteiger partial charge on any atom is -0.392 e. The summed E-state index contributed by atoms with van der Waals surface area (Å²) < 4.78 is 68.5. The Kier molecular flexibility index (Phi) is 1.81. The van der Waals surface area contributed by atoms with Crippen molar-refractivity contribution in [3.8, 4) is 0 Å². The Bertz CT molecular complexity index is 644. The van der Waals surface area contributed by atoms with Crippen LogP contribution in [0.1, 0.15) is 35.6 Å². The number of alkyl halides is 5. The number of hydrogen-bond donors (Lipinski definition) is 0. The van der Waals surface area contributed by atoms with E-state index in [1.807, 2.05) is 0 Å². The normalized spacial score (nSPS) is 29.7. The fraction of sp³-hybridized carbons (Fsp3) is 0.462. The number of halogens is 5. The van der Waals surface area contributed by atoms with Crippen LogP contribution in [0.2, 0.25) is 0 Å². The van der Waals surface area contributed by atoms with E-state index in [0.717, 1.165) is 12.1 Å². The molecular formula is C13H8F5NO. The fourth-order valence-electron chi connectivity index (χ4n) is 3.10. The first-order chi connectivity index (χ1) is 9.21. The zero-order valence-electron chi connectivity index (χ0n) is 10.2. The maximum absolute atomic E-state index is 13.8. The molecule has 0 radical (unpaired) electrons. The van der Waals surface area contributed by atoms with E-state index in [1.165, 1.54) is 0 Å². The molecule has 1 aromatic rings. The SMILES string of the molecule is CC1CC(c2cc3c4c(c2)C(F)(F)C4(F)C3(F)F)=NO1. The first-order valence-electron chi connectivity index (χ1n) is 6.08. The molecule has 0 bridgehead atoms. The largest absolute Gasteiger partial charge is 0.392 e. The molecular weight excluding hydrogens is 281 g/mol. The monoisotopic (exact) mass is 289 g/mol. The molecule has 0 fully saturated rings. The van der Waals surface area contributed by atoms with Gasteiger partial charge < -0.3 is 4.84 Å². The molecule has 0 aromatic heterocycles. The molecule has 1 atom stereocenters. The van der Waals surface area contributed by atoms with E-state index in [4.69, 9.17) is 4.84 Å². The summed E-state index contributed by atoms with van der Waals surface area (Å²) in [5.74, 6) is -8.33. The highest BCUT2D eigenvalue weighted by Gasteiger charge is 2.87. The summed E-state index contributed by atoms with van der Waals surface area (Å²) >= 11 is 0. The summed E-state index contributed by atoms with van der Waals surface area (Å²) in [6.07, 6.45) is 0.111. The molecule has 1 unspecified atom stereocenters. The molecule has 20 heavy (non-hydrogen) atoms. The highest BCUT2D eigenvalue weighted by Crippen LogP contribution is 2.76. The summed E-state index contributed by atoms with van der Waals surface area (Å²) in [4.78, 5) is 4.92. The van der Waals surface area contributed by atoms with E-state index in [1.54, 1.807) is 6.92 Å². The summed E-state index contributed by atoms with van der Waals surface area (Å²) in [6, 6.07) is 2.07. The molecule has 1 heterocycles. The lowest BCUT2D eigenvalue weighted by atomic mass is 9.54. The van der Waals surface area contributed by atoms with Crippen LogP contribution in [0.5, 0.6) is 0 Å². The lowest BCUT2D eigenvalue weighted by Crippen LogP contribution is -2.67. The number of hydrogen-bond acceptors (Lipinski definition) is 2. The molecule has 4 rings (SSSR count). The van der Waals surface area contributed by atoms with Crippen molar-refractivity contribution < 1.29 is 26.8 Å². The van der Waals surface area contributed by atoms with E-state index in [9.17, 15) is 22.0 Å². The third-order valence-corrected chi connectivity index (χ3v) is 4.18. The number of benzene rings is 1. The van der Waals surface area contributed by atoms with Crippen LogP contribution in [0.3, 0.4) is 0 Å². The van der Waals surface area contributed by atoms with Crippen molar-refractivity contribution >= 4 is 5.71 Å². The predicted molar refractivity (Wildman–Crippen MR) is 58.7 cm³/mol. The van der Waals surface area contributed by atoms with E-state index >= 15 is 0 Å². The van der Waals surface area contributed by atoms with Crippen molar-refractivity contribution in [3.63, 3.8) is 0 Å². The molecule has 106 valence electrons. The van der Waals surface area contributed by atoms with Crippen LogP contribution in [-0.4, -0.2) is 11.8 Å². The van der Waals surface area contributed by atoms with Gasteiger partial charge in [0, 0.05) is 28.7 Å². The summed E-state index contributed by atoms with van der Waals surface area (Å²) in [6.45, 7) is 1.72. The average Bonchev–Trinajstić information content (AvgIpc) is 2.82. The Morgan fingerprint density at radius 2 is 1.65 bits per heavy atom. The van der Waals surface area contributed by atoms with Crippen LogP contribution < -0.4 is 0 Å². The number of rotatable bonds is 1. The van der Waals surface area contributed by atoms with Crippen molar-refractivity contribution in [2.75, 3.05) is 0 Å². The second kappa shape index (κ2) is 2.99. The van der Waals surface area contributed by atoms with Crippen LogP contribution in [0.15, 0.2) is 17.3 Å². The standard InChI is InChI=1S/C13H8F5NO/c1-5-2-9(19-20-5)6-3-7-10-8(4-6)13(17,18)11(10,14)12(7,15)16/h3-5H,2H2,1H3. The molecule has 2 nitrogen and oxygen atoms in total. The van der Waals surface area contributed by atoms with Crippen LogP contribution in [0, 0.1) is 0 Å². The third kappa shape index (κ3) is 0.958. The Morgan fingerprint density at radius 3 is 2.10 bits per heavy atom. The predicted octanol–water partition coefficient (Wildman–Crippen LogP) is 3.58. The fourth-order valence-corrected chi connectivity index (χ4v) is 3.10. The van der Waals surface area contributed by atoms with Crippen LogP contribution >= 0.6 is 0 Å². The lowest BCUT2D eigenvalue weighted by molar-refractivity contribution is -0.318. The van der Waals surface area contributed by atoms with Gasteiger partial charge in [0.2, 0.25) is 0 Å². The maximum atomic E-state index is 13.8. The van der Waals surface area contributed by atoms with Crippen LogP contribution in [0.25, 0.3) is 0 Å². The Labute approximate surface area is 110 Å². The Balaban J connectivity index is 1.90. The highest BCUT2D eigenvalue weighted by atomic mass is 19.3. The second-order valence-electron chi connectivity index (χ2n) is 5.41. The minimum atomic E-state index is -4.17. The molecule has 0 spiro atoms. The van der Waals surface area contributed by atoms with Crippen molar-refractivity contribution in [1.82, 2.24) is 0 Å². The summed E-state index contributed by atoms with van der Waals surface area (Å²) in [7, 11) is 0. The van der Waals surface area contributed by atoms with Gasteiger partial charge in [0.1, 0.15) is 6.10 Å². The molecule has 7 heteroatoms. The zero-order chi connectivity index (χ0) is 14.5. The smallest absolute Gasteiger partial charge is 0.317 e. The molecule has 0 amide bonds. The van der Waals surface area contributed by atoms with Crippen molar-refractivity contribution in [2.45, 2.75) is 37.0 Å². The van der Waals surface area contributed by atoms with Gasteiger partial charge in [0.05, 0.1) is 5.71 Å². The van der Waals surface area contributed by atoms with Gasteiger partial charge in [-0.2, -0.15) is 17.6 Å². The zero-order valence-corrected chi connectivity index (χ0v) is 10.2. The van der Waals surface area contributed by atoms with Crippen LogP contribution in [0.4, 0.5) is 22.0 Å². The van der Waals surface area contributed by atoms with E-state index < -0.39 is 34.2 Å². The molecule has 2 aliphatic carbocycles. The van der Waals surface area contributed by atoms with Gasteiger partial charge in [-0.1, -0.05) is 5.16 Å². The number of oxime groups is 1. The quantitative estimate of drug-likeness (QED) is 0.724. The van der Waals surface area contributed by atoms with Gasteiger partial charge >= 0.3 is 11.8 Å². The van der Waals surface area contributed by atoms with Gasteiger partial charge in [0.15, 0.2) is 0 Å². The molecule has 1 aromatic carbocycles. The first-order valence-corrected chi connectivity index (χ1v) is 6.08. The molecule has 0 saturated heterocycles. The Morgan fingerprint density at radius 1 is 1.10 bits per heavy atom. The minimum absolute atomic E-state index is 0.143. The lowest BCUT2D eigenvalue weighted by Gasteiger charge is -2.57. The van der Waals surface area contributed by atoms with Gasteiger partial charge in [0.25, 0.3) is 5.67 Å². The van der Waals surface area contributed by atoms with Crippen LogP contribution in [-0.2, 0) is 22.4 Å². The molecule has 0 saturated carbocycles. The van der Waals surface area contributed by atoms with Crippen molar-refractivity contribution in [2.24, 2.45) is 5.16 Å². The van der Waals surface area contributed by atoms with Crippen molar-refractivity contribution in [1.29, 1.82) is 0 Å². The van der Waals surface area contributed by atoms with Crippen molar-refractivity contribution in [3.05, 3.63) is 34.4 Å². The first kappa shape index (κ1) is 12.1. The highest BCUT2D eigenvalue weighted by molar-refractivity contribution is 6.02. The average molecular weight is 289 g/mol. The number of nitrogens with zero attached hydrogens (tertiary/aromatic N) is 1. The van der Waals surface area contributed by atoms with E-state index in [0.29, 0.717) is 12.1 Å². The van der Waals surface area contributed by atoms with E-state index in [-0.39, 0.29) is 11.7 Å². The molecule has 1 aliphatic heterocycles. The summed E-state index contributed by atoms with van der Waals surface area (Å²) in [5.41, 5.74) is -5.27. The third-order valence-electron chi connectivity index (χ3n) is 4.18. The van der Waals surface area contributed by atoms with Gasteiger partial charge in [-0.25, -0.2) is 4.39 Å². The maximum Gasteiger partial charge on any atom is 0.317 e. The molecule has 0 N–H and O–H groups in total. The van der Waals surface area contributed by atoms with Gasteiger partial charge in [-0.15, -0.1) is 0 Å². The van der Waals surface area contributed by atoms with Gasteiger partial charge in [-0.3, -0.25) is 0 Å². The Hall–Kier alpha value is -1.66. The second-order valence-corrected chi connectivity index (χ2v) is 5.41. The topological polar surface area (TPSA) is 21.6 Å². The summed E-state index contributed by atoms with van der Waals surface area (Å²) in [5, 5.41) is 3.69. The van der Waals surface area contributed by atoms with E-state index in [2.05, 4.69) is 5.16 Å². The van der Waals surface area contributed by atoms with Gasteiger partial charge in [-0.05, 0) is 19.1 Å². The molecule has 3 aliphatic rings.